The largest absolute Gasteiger partial charge is 0.381 e. The van der Waals surface area contributed by atoms with Crippen LogP contribution in [0.15, 0.2) is 0 Å². The van der Waals surface area contributed by atoms with Gasteiger partial charge >= 0.3 is 0 Å². The van der Waals surface area contributed by atoms with Crippen molar-refractivity contribution >= 4 is 26.0 Å². The van der Waals surface area contributed by atoms with Gasteiger partial charge in [0, 0.05) is 24.6 Å². The molecule has 1 atom stereocenters. The molecule has 4 nitrogen and oxygen atoms in total. The quantitative estimate of drug-likeness (QED) is 0.599. The summed E-state index contributed by atoms with van der Waals surface area (Å²) in [6, 6.07) is 0. The molecule has 0 aliphatic carbocycles. The molecule has 0 aromatic rings. The molecular formula is C10H20BrNO3S. The van der Waals surface area contributed by atoms with Gasteiger partial charge in [0.1, 0.15) is 0 Å². The maximum absolute atomic E-state index is 11.9. The molecule has 1 heterocycles. The van der Waals surface area contributed by atoms with Gasteiger partial charge in [-0.1, -0.05) is 22.9 Å². The van der Waals surface area contributed by atoms with Crippen molar-refractivity contribution in [2.45, 2.75) is 42.7 Å². The topological polar surface area (TPSA) is 55.4 Å². The van der Waals surface area contributed by atoms with Crippen LogP contribution in [-0.4, -0.2) is 38.3 Å². The Morgan fingerprint density at radius 3 is 2.62 bits per heavy atom. The molecule has 1 rings (SSSR count). The summed E-state index contributed by atoms with van der Waals surface area (Å²) in [5.74, 6) is 0. The Hall–Kier alpha value is 0.350. The highest BCUT2D eigenvalue weighted by Crippen LogP contribution is 2.14. The van der Waals surface area contributed by atoms with E-state index in [0.717, 1.165) is 12.8 Å². The van der Waals surface area contributed by atoms with E-state index in [1.807, 2.05) is 0 Å². The van der Waals surface area contributed by atoms with Crippen LogP contribution < -0.4 is 4.72 Å². The Labute approximate surface area is 106 Å². The number of hydrogen-bond acceptors (Lipinski definition) is 3. The lowest BCUT2D eigenvalue weighted by Crippen LogP contribution is -2.38. The Kier molecular flexibility index (Phi) is 6.25. The molecule has 1 aliphatic heterocycles. The summed E-state index contributed by atoms with van der Waals surface area (Å²) >= 11 is 3.44. The maximum Gasteiger partial charge on any atom is 0.214 e. The molecule has 1 aliphatic rings. The highest BCUT2D eigenvalue weighted by Gasteiger charge is 2.26. The van der Waals surface area contributed by atoms with Crippen molar-refractivity contribution in [1.29, 1.82) is 0 Å². The third-order valence-electron chi connectivity index (χ3n) is 2.69. The second-order valence-corrected chi connectivity index (χ2v) is 7.78. The molecule has 0 amide bonds. The normalized spacial score (nSPS) is 20.9. The highest BCUT2D eigenvalue weighted by molar-refractivity contribution is 9.09. The standard InChI is InChI=1S/C10H20BrNO3S/c1-9(11)3-2-6-12-16(13,14)10-4-7-15-8-5-10/h9-10,12H,2-8H2,1H3. The van der Waals surface area contributed by atoms with E-state index >= 15 is 0 Å². The highest BCUT2D eigenvalue weighted by atomic mass is 79.9. The summed E-state index contributed by atoms with van der Waals surface area (Å²) in [4.78, 5) is 0.445. The minimum Gasteiger partial charge on any atom is -0.381 e. The lowest BCUT2D eigenvalue weighted by Gasteiger charge is -2.22. The van der Waals surface area contributed by atoms with E-state index in [1.54, 1.807) is 0 Å². The molecule has 0 spiro atoms. The van der Waals surface area contributed by atoms with Gasteiger partial charge in [-0.25, -0.2) is 13.1 Å². The van der Waals surface area contributed by atoms with Crippen LogP contribution in [0.1, 0.15) is 32.6 Å². The summed E-state index contributed by atoms with van der Waals surface area (Å²) < 4.78 is 31.5. The van der Waals surface area contributed by atoms with Gasteiger partial charge in [0.2, 0.25) is 10.0 Å². The van der Waals surface area contributed by atoms with Crippen LogP contribution in [0.2, 0.25) is 0 Å². The van der Waals surface area contributed by atoms with Crippen LogP contribution in [0.4, 0.5) is 0 Å². The first-order valence-electron chi connectivity index (χ1n) is 5.72. The monoisotopic (exact) mass is 313 g/mol. The molecule has 96 valence electrons. The van der Waals surface area contributed by atoms with Crippen LogP contribution in [0.25, 0.3) is 0 Å². The number of halogens is 1. The SMILES string of the molecule is CC(Br)CCCNS(=O)(=O)C1CCOCC1. The van der Waals surface area contributed by atoms with E-state index in [0.29, 0.717) is 37.4 Å². The fraction of sp³-hybridized carbons (Fsp3) is 1.00. The zero-order valence-electron chi connectivity index (χ0n) is 9.62. The van der Waals surface area contributed by atoms with Crippen molar-refractivity contribution < 1.29 is 13.2 Å². The van der Waals surface area contributed by atoms with Gasteiger partial charge in [-0.3, -0.25) is 0 Å². The van der Waals surface area contributed by atoms with Crippen LogP contribution in [-0.2, 0) is 14.8 Å². The molecule has 1 unspecified atom stereocenters. The van der Waals surface area contributed by atoms with Crippen LogP contribution in [0.3, 0.4) is 0 Å². The zero-order valence-corrected chi connectivity index (χ0v) is 12.0. The van der Waals surface area contributed by atoms with Gasteiger partial charge < -0.3 is 4.74 Å². The molecule has 16 heavy (non-hydrogen) atoms. The van der Waals surface area contributed by atoms with Gasteiger partial charge in [-0.15, -0.1) is 0 Å². The van der Waals surface area contributed by atoms with E-state index < -0.39 is 10.0 Å². The smallest absolute Gasteiger partial charge is 0.214 e. The van der Waals surface area contributed by atoms with Crippen LogP contribution in [0, 0.1) is 0 Å². The van der Waals surface area contributed by atoms with Gasteiger partial charge in [-0.2, -0.15) is 0 Å². The first-order valence-corrected chi connectivity index (χ1v) is 8.19. The number of ether oxygens (including phenoxy) is 1. The summed E-state index contributed by atoms with van der Waals surface area (Å²) in [6.07, 6.45) is 3.08. The van der Waals surface area contributed by atoms with Crippen molar-refractivity contribution in [3.8, 4) is 0 Å². The Bertz CT molecular complexity index is 286. The molecule has 0 aromatic carbocycles. The van der Waals surface area contributed by atoms with E-state index in [-0.39, 0.29) is 5.25 Å². The summed E-state index contributed by atoms with van der Waals surface area (Å²) in [5.41, 5.74) is 0. The second-order valence-electron chi connectivity index (χ2n) is 4.17. The minimum absolute atomic E-state index is 0.261. The molecule has 0 aromatic heterocycles. The third-order valence-corrected chi connectivity index (χ3v) is 5.10. The lowest BCUT2D eigenvalue weighted by atomic mass is 10.2. The van der Waals surface area contributed by atoms with Gasteiger partial charge in [-0.05, 0) is 25.7 Å². The number of alkyl halides is 1. The van der Waals surface area contributed by atoms with Crippen LogP contribution >= 0.6 is 15.9 Å². The fourth-order valence-corrected chi connectivity index (χ4v) is 3.50. The Balaban J connectivity index is 2.27. The molecule has 1 fully saturated rings. The first-order chi connectivity index (χ1) is 7.52. The number of sulfonamides is 1. The summed E-state index contributed by atoms with van der Waals surface area (Å²) in [6.45, 7) is 3.72. The molecule has 0 bridgehead atoms. The average molecular weight is 314 g/mol. The number of hydrogen-bond donors (Lipinski definition) is 1. The molecule has 1 N–H and O–H groups in total. The molecule has 0 saturated carbocycles. The predicted molar refractivity (Wildman–Crippen MR) is 68.4 cm³/mol. The summed E-state index contributed by atoms with van der Waals surface area (Å²) in [7, 11) is -3.13. The van der Waals surface area contributed by atoms with Crippen molar-refractivity contribution in [1.82, 2.24) is 4.72 Å². The van der Waals surface area contributed by atoms with Crippen molar-refractivity contribution in [3.63, 3.8) is 0 Å². The van der Waals surface area contributed by atoms with E-state index in [4.69, 9.17) is 4.74 Å². The van der Waals surface area contributed by atoms with Crippen molar-refractivity contribution in [2.75, 3.05) is 19.8 Å². The molecule has 0 radical (unpaired) electrons. The van der Waals surface area contributed by atoms with Crippen molar-refractivity contribution in [3.05, 3.63) is 0 Å². The Morgan fingerprint density at radius 2 is 2.06 bits per heavy atom. The second kappa shape index (κ2) is 6.93. The molecule has 6 heteroatoms. The van der Waals surface area contributed by atoms with E-state index in [2.05, 4.69) is 27.6 Å². The minimum atomic E-state index is -3.13. The van der Waals surface area contributed by atoms with E-state index in [1.165, 1.54) is 0 Å². The van der Waals surface area contributed by atoms with Crippen molar-refractivity contribution in [2.24, 2.45) is 0 Å². The van der Waals surface area contributed by atoms with E-state index in [9.17, 15) is 8.42 Å². The van der Waals surface area contributed by atoms with Gasteiger partial charge in [0.05, 0.1) is 5.25 Å². The van der Waals surface area contributed by atoms with Crippen LogP contribution in [0.5, 0.6) is 0 Å². The average Bonchev–Trinajstić information content (AvgIpc) is 2.26. The maximum atomic E-state index is 11.9. The summed E-state index contributed by atoms with van der Waals surface area (Å²) in [5, 5.41) is -0.261. The number of nitrogens with one attached hydrogen (secondary N) is 1. The lowest BCUT2D eigenvalue weighted by molar-refractivity contribution is 0.0981. The molecule has 1 saturated heterocycles. The first kappa shape index (κ1) is 14.4. The van der Waals surface area contributed by atoms with Gasteiger partial charge in [0.15, 0.2) is 0 Å². The van der Waals surface area contributed by atoms with Gasteiger partial charge in [0.25, 0.3) is 0 Å². The number of rotatable bonds is 6. The predicted octanol–water partition coefficient (Wildman–Crippen LogP) is 1.65. The molecular weight excluding hydrogens is 294 g/mol. The fourth-order valence-electron chi connectivity index (χ4n) is 1.70. The Morgan fingerprint density at radius 1 is 1.44 bits per heavy atom. The zero-order chi connectivity index (χ0) is 12.0. The third kappa shape index (κ3) is 5.12.